The number of hydrogen-bond donors (Lipinski definition) is 1. The molecule has 3 nitrogen and oxygen atoms in total. The molecule has 15 heavy (non-hydrogen) atoms. The van der Waals surface area contributed by atoms with Crippen molar-refractivity contribution in [3.8, 4) is 5.75 Å². The van der Waals surface area contributed by atoms with Crippen LogP contribution >= 0.6 is 15.9 Å². The third-order valence-corrected chi connectivity index (χ3v) is 3.17. The quantitative estimate of drug-likeness (QED) is 0.894. The highest BCUT2D eigenvalue weighted by molar-refractivity contribution is 9.10. The predicted molar refractivity (Wildman–Crippen MR) is 62.3 cm³/mol. The van der Waals surface area contributed by atoms with E-state index in [1.807, 2.05) is 18.2 Å². The number of rotatable bonds is 2. The van der Waals surface area contributed by atoms with Crippen molar-refractivity contribution >= 4 is 15.9 Å². The molecule has 0 bridgehead atoms. The van der Waals surface area contributed by atoms with Crippen LogP contribution in [-0.2, 0) is 4.74 Å². The molecule has 0 aliphatic carbocycles. The molecule has 1 N–H and O–H groups in total. The van der Waals surface area contributed by atoms with Gasteiger partial charge in [-0.2, -0.15) is 0 Å². The van der Waals surface area contributed by atoms with Crippen molar-refractivity contribution in [3.05, 3.63) is 28.2 Å². The van der Waals surface area contributed by atoms with Crippen LogP contribution in [0.15, 0.2) is 22.7 Å². The fourth-order valence-corrected chi connectivity index (χ4v) is 2.27. The Bertz CT molecular complexity index is 337. The van der Waals surface area contributed by atoms with E-state index in [2.05, 4.69) is 21.2 Å². The van der Waals surface area contributed by atoms with Crippen molar-refractivity contribution in [1.29, 1.82) is 0 Å². The van der Waals surface area contributed by atoms with Crippen molar-refractivity contribution in [1.82, 2.24) is 5.32 Å². The molecule has 4 heteroatoms. The minimum atomic E-state index is 0.138. The molecule has 1 aliphatic rings. The van der Waals surface area contributed by atoms with E-state index in [1.165, 1.54) is 5.56 Å². The van der Waals surface area contributed by atoms with E-state index < -0.39 is 0 Å². The molecule has 0 aromatic heterocycles. The van der Waals surface area contributed by atoms with Crippen molar-refractivity contribution < 1.29 is 9.47 Å². The topological polar surface area (TPSA) is 30.5 Å². The molecule has 1 saturated heterocycles. The predicted octanol–water partition coefficient (Wildman–Crippen LogP) is 2.12. The summed E-state index contributed by atoms with van der Waals surface area (Å²) in [6, 6.07) is 5.96. The summed E-state index contributed by atoms with van der Waals surface area (Å²) in [6.07, 6.45) is 0.138. The number of hydrogen-bond acceptors (Lipinski definition) is 3. The maximum atomic E-state index is 5.69. The fourth-order valence-electron chi connectivity index (χ4n) is 1.66. The van der Waals surface area contributed by atoms with Gasteiger partial charge in [-0.25, -0.2) is 0 Å². The molecule has 1 aromatic rings. The largest absolute Gasteiger partial charge is 0.497 e. The summed E-state index contributed by atoms with van der Waals surface area (Å²) >= 11 is 3.54. The third-order valence-electron chi connectivity index (χ3n) is 2.48. The summed E-state index contributed by atoms with van der Waals surface area (Å²) in [5.41, 5.74) is 1.17. The second kappa shape index (κ2) is 4.96. The lowest BCUT2D eigenvalue weighted by molar-refractivity contribution is 0.0272. The first kappa shape index (κ1) is 10.9. The molecule has 0 saturated carbocycles. The maximum Gasteiger partial charge on any atom is 0.120 e. The van der Waals surface area contributed by atoms with E-state index in [-0.39, 0.29) is 6.10 Å². The van der Waals surface area contributed by atoms with Crippen molar-refractivity contribution in [3.63, 3.8) is 0 Å². The van der Waals surface area contributed by atoms with Gasteiger partial charge in [0.25, 0.3) is 0 Å². The zero-order valence-corrected chi connectivity index (χ0v) is 10.2. The van der Waals surface area contributed by atoms with Crippen LogP contribution in [0.1, 0.15) is 11.7 Å². The Morgan fingerprint density at radius 3 is 3.00 bits per heavy atom. The standard InChI is InChI=1S/C11H14BrNO2/c1-14-8-2-3-9(10(12)6-8)11-7-13-4-5-15-11/h2-3,6,11,13H,4-5,7H2,1H3. The molecular weight excluding hydrogens is 258 g/mol. The Labute approximate surface area is 97.9 Å². The van der Waals surface area contributed by atoms with Crippen LogP contribution in [0.2, 0.25) is 0 Å². The summed E-state index contributed by atoms with van der Waals surface area (Å²) in [4.78, 5) is 0. The lowest BCUT2D eigenvalue weighted by Crippen LogP contribution is -2.33. The zero-order chi connectivity index (χ0) is 10.7. The smallest absolute Gasteiger partial charge is 0.120 e. The highest BCUT2D eigenvalue weighted by atomic mass is 79.9. The van der Waals surface area contributed by atoms with Gasteiger partial charge in [-0.3, -0.25) is 0 Å². The minimum absolute atomic E-state index is 0.138. The molecule has 0 spiro atoms. The van der Waals surface area contributed by atoms with Gasteiger partial charge in [0.1, 0.15) is 5.75 Å². The summed E-state index contributed by atoms with van der Waals surface area (Å²) < 4.78 is 11.9. The normalized spacial score (nSPS) is 21.3. The first-order valence-corrected chi connectivity index (χ1v) is 5.76. The SMILES string of the molecule is COc1ccc(C2CNCCO2)c(Br)c1. The maximum absolute atomic E-state index is 5.69. The lowest BCUT2D eigenvalue weighted by Gasteiger charge is -2.24. The summed E-state index contributed by atoms with van der Waals surface area (Å²) in [6.45, 7) is 2.57. The van der Waals surface area contributed by atoms with Gasteiger partial charge in [0.2, 0.25) is 0 Å². The summed E-state index contributed by atoms with van der Waals surface area (Å²) in [5, 5.41) is 3.31. The Morgan fingerprint density at radius 2 is 2.40 bits per heavy atom. The first-order valence-electron chi connectivity index (χ1n) is 4.97. The van der Waals surface area contributed by atoms with Gasteiger partial charge in [0.05, 0.1) is 19.8 Å². The number of ether oxygens (including phenoxy) is 2. The van der Waals surface area contributed by atoms with Crippen LogP contribution in [-0.4, -0.2) is 26.8 Å². The molecule has 1 unspecified atom stereocenters. The Kier molecular flexibility index (Phi) is 3.61. The number of halogens is 1. The van der Waals surface area contributed by atoms with Gasteiger partial charge in [-0.05, 0) is 17.7 Å². The monoisotopic (exact) mass is 271 g/mol. The number of morpholine rings is 1. The highest BCUT2D eigenvalue weighted by Gasteiger charge is 2.18. The number of nitrogens with one attached hydrogen (secondary N) is 1. The second-order valence-electron chi connectivity index (χ2n) is 3.45. The van der Waals surface area contributed by atoms with E-state index in [0.29, 0.717) is 0 Å². The van der Waals surface area contributed by atoms with Crippen LogP contribution in [0.25, 0.3) is 0 Å². The molecule has 2 rings (SSSR count). The molecule has 1 aromatic carbocycles. The molecule has 1 fully saturated rings. The van der Waals surface area contributed by atoms with E-state index in [9.17, 15) is 0 Å². The van der Waals surface area contributed by atoms with E-state index in [0.717, 1.165) is 29.9 Å². The van der Waals surface area contributed by atoms with Gasteiger partial charge in [0, 0.05) is 17.6 Å². The van der Waals surface area contributed by atoms with Crippen LogP contribution in [0.3, 0.4) is 0 Å². The third kappa shape index (κ3) is 2.51. The summed E-state index contributed by atoms with van der Waals surface area (Å²) in [7, 11) is 1.67. The Balaban J connectivity index is 2.19. The molecular formula is C11H14BrNO2. The van der Waals surface area contributed by atoms with Crippen LogP contribution in [0, 0.1) is 0 Å². The molecule has 82 valence electrons. The Hall–Kier alpha value is -0.580. The molecule has 0 amide bonds. The molecule has 1 heterocycles. The van der Waals surface area contributed by atoms with Gasteiger partial charge in [-0.1, -0.05) is 22.0 Å². The second-order valence-corrected chi connectivity index (χ2v) is 4.31. The van der Waals surface area contributed by atoms with Gasteiger partial charge in [0.15, 0.2) is 0 Å². The van der Waals surface area contributed by atoms with Crippen LogP contribution < -0.4 is 10.1 Å². The average molecular weight is 272 g/mol. The van der Waals surface area contributed by atoms with E-state index >= 15 is 0 Å². The van der Waals surface area contributed by atoms with Crippen molar-refractivity contribution in [2.45, 2.75) is 6.10 Å². The van der Waals surface area contributed by atoms with E-state index in [4.69, 9.17) is 9.47 Å². The highest BCUT2D eigenvalue weighted by Crippen LogP contribution is 2.29. The molecule has 1 atom stereocenters. The Morgan fingerprint density at radius 1 is 1.53 bits per heavy atom. The first-order chi connectivity index (χ1) is 7.31. The number of benzene rings is 1. The lowest BCUT2D eigenvalue weighted by atomic mass is 10.1. The number of methoxy groups -OCH3 is 1. The van der Waals surface area contributed by atoms with Gasteiger partial charge < -0.3 is 14.8 Å². The summed E-state index contributed by atoms with van der Waals surface area (Å²) in [5.74, 6) is 0.856. The zero-order valence-electron chi connectivity index (χ0n) is 8.63. The molecule has 1 aliphatic heterocycles. The average Bonchev–Trinajstić information content (AvgIpc) is 2.30. The van der Waals surface area contributed by atoms with Crippen LogP contribution in [0.5, 0.6) is 5.75 Å². The van der Waals surface area contributed by atoms with Crippen molar-refractivity contribution in [2.75, 3.05) is 26.8 Å². The van der Waals surface area contributed by atoms with Crippen LogP contribution in [0.4, 0.5) is 0 Å². The van der Waals surface area contributed by atoms with E-state index in [1.54, 1.807) is 7.11 Å². The fraction of sp³-hybridized carbons (Fsp3) is 0.455. The van der Waals surface area contributed by atoms with Gasteiger partial charge >= 0.3 is 0 Å². The minimum Gasteiger partial charge on any atom is -0.497 e. The molecule has 0 radical (unpaired) electrons. The van der Waals surface area contributed by atoms with Gasteiger partial charge in [-0.15, -0.1) is 0 Å². The van der Waals surface area contributed by atoms with Crippen molar-refractivity contribution in [2.24, 2.45) is 0 Å².